The van der Waals surface area contributed by atoms with Crippen LogP contribution in [0.25, 0.3) is 0 Å². The highest BCUT2D eigenvalue weighted by molar-refractivity contribution is 5.93. The molecule has 1 rings (SSSR count). The van der Waals surface area contributed by atoms with Crippen molar-refractivity contribution in [2.75, 3.05) is 0 Å². The number of hydrogen-bond acceptors (Lipinski definition) is 2. The van der Waals surface area contributed by atoms with Crippen LogP contribution in [0.5, 0.6) is 0 Å². The summed E-state index contributed by atoms with van der Waals surface area (Å²) in [5, 5.41) is 0. The van der Waals surface area contributed by atoms with Crippen molar-refractivity contribution >= 4 is 12.1 Å². The van der Waals surface area contributed by atoms with Gasteiger partial charge in [-0.3, -0.25) is 9.59 Å². The van der Waals surface area contributed by atoms with Crippen molar-refractivity contribution in [3.05, 3.63) is 47.0 Å². The zero-order valence-corrected chi connectivity index (χ0v) is 8.99. The zero-order chi connectivity index (χ0) is 11.3. The fraction of sp³-hybridized carbons (Fsp3) is 0.231. The zero-order valence-electron chi connectivity index (χ0n) is 8.99. The third-order valence-corrected chi connectivity index (χ3v) is 2.28. The van der Waals surface area contributed by atoms with Crippen molar-refractivity contribution in [3.8, 4) is 0 Å². The molecule has 1 aromatic carbocycles. The first-order valence-electron chi connectivity index (χ1n) is 4.87. The summed E-state index contributed by atoms with van der Waals surface area (Å²) < 4.78 is 0. The Balaban J connectivity index is 2.89. The SMILES string of the molecule is C/C=C(\Cc1cccc(C=O)c1)C(C)=O. The van der Waals surface area contributed by atoms with Crippen molar-refractivity contribution in [1.29, 1.82) is 0 Å². The average molecular weight is 202 g/mol. The molecule has 0 heterocycles. The van der Waals surface area contributed by atoms with Crippen molar-refractivity contribution < 1.29 is 9.59 Å². The first-order chi connectivity index (χ1) is 7.17. The molecule has 15 heavy (non-hydrogen) atoms. The summed E-state index contributed by atoms with van der Waals surface area (Å²) in [7, 11) is 0. The van der Waals surface area contributed by atoms with Gasteiger partial charge in [-0.25, -0.2) is 0 Å². The van der Waals surface area contributed by atoms with Gasteiger partial charge in [0, 0.05) is 12.0 Å². The number of benzene rings is 1. The van der Waals surface area contributed by atoms with E-state index in [-0.39, 0.29) is 5.78 Å². The van der Waals surface area contributed by atoms with Gasteiger partial charge in [0.1, 0.15) is 6.29 Å². The normalized spacial score (nSPS) is 11.2. The summed E-state index contributed by atoms with van der Waals surface area (Å²) in [5.74, 6) is 0.0778. The van der Waals surface area contributed by atoms with E-state index < -0.39 is 0 Å². The van der Waals surface area contributed by atoms with Crippen LogP contribution >= 0.6 is 0 Å². The molecule has 0 bridgehead atoms. The van der Waals surface area contributed by atoms with Crippen LogP contribution in [-0.2, 0) is 11.2 Å². The highest BCUT2D eigenvalue weighted by atomic mass is 16.1. The van der Waals surface area contributed by atoms with Crippen LogP contribution in [0.15, 0.2) is 35.9 Å². The minimum absolute atomic E-state index is 0.0778. The molecular formula is C13H14O2. The van der Waals surface area contributed by atoms with E-state index in [4.69, 9.17) is 0 Å². The first-order valence-corrected chi connectivity index (χ1v) is 4.87. The third kappa shape index (κ3) is 3.17. The van der Waals surface area contributed by atoms with Gasteiger partial charge in [0.05, 0.1) is 0 Å². The van der Waals surface area contributed by atoms with Gasteiger partial charge < -0.3 is 0 Å². The van der Waals surface area contributed by atoms with Crippen LogP contribution in [0, 0.1) is 0 Å². The summed E-state index contributed by atoms with van der Waals surface area (Å²) in [6.45, 7) is 3.40. The summed E-state index contributed by atoms with van der Waals surface area (Å²) in [6, 6.07) is 7.30. The lowest BCUT2D eigenvalue weighted by molar-refractivity contribution is -0.113. The number of carbonyl (C=O) groups is 2. The summed E-state index contributed by atoms with van der Waals surface area (Å²) in [5.41, 5.74) is 2.41. The Morgan fingerprint density at radius 3 is 2.67 bits per heavy atom. The van der Waals surface area contributed by atoms with Gasteiger partial charge in [0.15, 0.2) is 5.78 Å². The summed E-state index contributed by atoms with van der Waals surface area (Å²) in [6.07, 6.45) is 3.22. The molecule has 0 aliphatic carbocycles. The maximum absolute atomic E-state index is 11.2. The summed E-state index contributed by atoms with van der Waals surface area (Å²) in [4.78, 5) is 21.8. The van der Waals surface area contributed by atoms with E-state index in [9.17, 15) is 9.59 Å². The molecule has 0 fully saturated rings. The molecule has 2 nitrogen and oxygen atoms in total. The minimum Gasteiger partial charge on any atom is -0.298 e. The number of carbonyl (C=O) groups excluding carboxylic acids is 2. The van der Waals surface area contributed by atoms with E-state index in [2.05, 4.69) is 0 Å². The van der Waals surface area contributed by atoms with Gasteiger partial charge in [0.25, 0.3) is 0 Å². The monoisotopic (exact) mass is 202 g/mol. The number of allylic oxidation sites excluding steroid dienone is 2. The summed E-state index contributed by atoms with van der Waals surface area (Å²) >= 11 is 0. The number of hydrogen-bond donors (Lipinski definition) is 0. The Morgan fingerprint density at radius 2 is 2.13 bits per heavy atom. The smallest absolute Gasteiger partial charge is 0.155 e. The average Bonchev–Trinajstić information content (AvgIpc) is 2.25. The van der Waals surface area contributed by atoms with E-state index in [0.717, 1.165) is 17.4 Å². The molecule has 0 amide bonds. The van der Waals surface area contributed by atoms with Gasteiger partial charge in [-0.15, -0.1) is 0 Å². The number of rotatable bonds is 4. The van der Waals surface area contributed by atoms with Crippen molar-refractivity contribution in [1.82, 2.24) is 0 Å². The molecule has 0 saturated heterocycles. The Labute approximate surface area is 89.6 Å². The predicted octanol–water partition coefficient (Wildman–Crippen LogP) is 2.58. The molecular weight excluding hydrogens is 188 g/mol. The Hall–Kier alpha value is -1.70. The standard InChI is InChI=1S/C13H14O2/c1-3-13(10(2)15)8-11-5-4-6-12(7-11)9-14/h3-7,9H,8H2,1-2H3/b13-3+. The van der Waals surface area contributed by atoms with Crippen molar-refractivity contribution in [3.63, 3.8) is 0 Å². The molecule has 0 aliphatic rings. The maximum Gasteiger partial charge on any atom is 0.155 e. The van der Waals surface area contributed by atoms with E-state index in [1.165, 1.54) is 0 Å². The van der Waals surface area contributed by atoms with Crippen LogP contribution in [0.1, 0.15) is 29.8 Å². The van der Waals surface area contributed by atoms with Gasteiger partial charge in [-0.05, 0) is 31.1 Å². The highest BCUT2D eigenvalue weighted by Gasteiger charge is 2.04. The number of Topliss-reactive ketones (excluding diaryl/α,β-unsaturated/α-hetero) is 1. The largest absolute Gasteiger partial charge is 0.298 e. The van der Waals surface area contributed by atoms with Crippen LogP contribution in [0.2, 0.25) is 0 Å². The second-order valence-electron chi connectivity index (χ2n) is 3.41. The molecule has 0 aromatic heterocycles. The maximum atomic E-state index is 11.2. The van der Waals surface area contributed by atoms with E-state index in [0.29, 0.717) is 12.0 Å². The first kappa shape index (κ1) is 11.4. The van der Waals surface area contributed by atoms with Gasteiger partial charge in [-0.1, -0.05) is 24.3 Å². The Bertz CT molecular complexity index is 403. The van der Waals surface area contributed by atoms with Gasteiger partial charge >= 0.3 is 0 Å². The molecule has 0 spiro atoms. The van der Waals surface area contributed by atoms with E-state index >= 15 is 0 Å². The Kier molecular flexibility index (Phi) is 3.98. The quantitative estimate of drug-likeness (QED) is 0.555. The molecule has 0 N–H and O–H groups in total. The van der Waals surface area contributed by atoms with E-state index in [1.54, 1.807) is 19.1 Å². The molecule has 2 heteroatoms. The fourth-order valence-corrected chi connectivity index (χ4v) is 1.43. The fourth-order valence-electron chi connectivity index (χ4n) is 1.43. The van der Waals surface area contributed by atoms with Crippen molar-refractivity contribution in [2.24, 2.45) is 0 Å². The molecule has 78 valence electrons. The third-order valence-electron chi connectivity index (χ3n) is 2.28. The topological polar surface area (TPSA) is 34.1 Å². The lowest BCUT2D eigenvalue weighted by atomic mass is 10.0. The second kappa shape index (κ2) is 5.25. The lowest BCUT2D eigenvalue weighted by Gasteiger charge is -2.03. The molecule has 0 radical (unpaired) electrons. The van der Waals surface area contributed by atoms with Crippen LogP contribution < -0.4 is 0 Å². The lowest BCUT2D eigenvalue weighted by Crippen LogP contribution is -2.00. The van der Waals surface area contributed by atoms with Crippen molar-refractivity contribution in [2.45, 2.75) is 20.3 Å². The molecule has 0 unspecified atom stereocenters. The molecule has 0 saturated carbocycles. The van der Waals surface area contributed by atoms with Crippen LogP contribution in [0.4, 0.5) is 0 Å². The molecule has 0 atom stereocenters. The molecule has 1 aromatic rings. The highest BCUT2D eigenvalue weighted by Crippen LogP contribution is 2.10. The van der Waals surface area contributed by atoms with Gasteiger partial charge in [-0.2, -0.15) is 0 Å². The predicted molar refractivity (Wildman–Crippen MR) is 60.0 cm³/mol. The van der Waals surface area contributed by atoms with Crippen LogP contribution in [-0.4, -0.2) is 12.1 Å². The minimum atomic E-state index is 0.0778. The number of aldehydes is 1. The number of ketones is 1. The second-order valence-corrected chi connectivity index (χ2v) is 3.41. The Morgan fingerprint density at radius 1 is 1.40 bits per heavy atom. The molecule has 0 aliphatic heterocycles. The van der Waals surface area contributed by atoms with Gasteiger partial charge in [0.2, 0.25) is 0 Å². The van der Waals surface area contributed by atoms with Crippen LogP contribution in [0.3, 0.4) is 0 Å². The van der Waals surface area contributed by atoms with E-state index in [1.807, 2.05) is 25.1 Å².